The number of dihydropyridines is 1. The second-order valence-corrected chi connectivity index (χ2v) is 10.7. The average molecular weight is 488 g/mol. The van der Waals surface area contributed by atoms with Crippen LogP contribution in [-0.4, -0.2) is 47.8 Å². The lowest BCUT2D eigenvalue weighted by Crippen LogP contribution is -2.41. The maximum Gasteiger partial charge on any atom is 0.115 e. The van der Waals surface area contributed by atoms with Gasteiger partial charge in [-0.05, 0) is 86.8 Å². The van der Waals surface area contributed by atoms with Gasteiger partial charge in [0, 0.05) is 39.1 Å². The lowest BCUT2D eigenvalue weighted by molar-refractivity contribution is -0.0643. The highest BCUT2D eigenvalue weighted by Crippen LogP contribution is 2.34. The lowest BCUT2D eigenvalue weighted by Gasteiger charge is -2.36. The molecule has 2 aliphatic heterocycles. The minimum Gasteiger partial charge on any atom is -0.383 e. The van der Waals surface area contributed by atoms with E-state index in [1.807, 2.05) is 45.0 Å². The molecule has 0 radical (unpaired) electrons. The molecule has 4 nitrogen and oxygen atoms in total. The van der Waals surface area contributed by atoms with E-state index in [0.717, 1.165) is 61.9 Å². The summed E-state index contributed by atoms with van der Waals surface area (Å²) >= 11 is 0. The third kappa shape index (κ3) is 6.68. The van der Waals surface area contributed by atoms with Gasteiger partial charge < -0.3 is 15.3 Å². The molecule has 0 spiro atoms. The molecular weight excluding hydrogens is 442 g/mol. The Hall–Kier alpha value is -2.82. The van der Waals surface area contributed by atoms with Crippen molar-refractivity contribution in [1.29, 1.82) is 0 Å². The number of rotatable bonds is 11. The average Bonchev–Trinajstić information content (AvgIpc) is 3.18. The fraction of sp³-hybridized carbons (Fsp3) is 0.438. The maximum absolute atomic E-state index is 10.6. The molecule has 0 saturated carbocycles. The van der Waals surface area contributed by atoms with Gasteiger partial charge in [0.25, 0.3) is 0 Å². The van der Waals surface area contributed by atoms with Crippen LogP contribution in [0, 0.1) is 0 Å². The molecule has 2 unspecified atom stereocenters. The Morgan fingerprint density at radius 1 is 1.25 bits per heavy atom. The zero-order chi connectivity index (χ0) is 26.3. The fourth-order valence-corrected chi connectivity index (χ4v) is 5.24. The van der Waals surface area contributed by atoms with Crippen molar-refractivity contribution in [3.05, 3.63) is 102 Å². The molecule has 2 atom stereocenters. The fourth-order valence-electron chi connectivity index (χ4n) is 5.24. The van der Waals surface area contributed by atoms with E-state index < -0.39 is 5.72 Å². The Labute approximate surface area is 219 Å². The second kappa shape index (κ2) is 11.9. The molecule has 0 amide bonds. The largest absolute Gasteiger partial charge is 0.383 e. The number of hydrogen-bond acceptors (Lipinski definition) is 4. The van der Waals surface area contributed by atoms with Crippen LogP contribution in [0.2, 0.25) is 0 Å². The molecule has 1 aromatic rings. The van der Waals surface area contributed by atoms with Crippen molar-refractivity contribution in [2.45, 2.75) is 64.1 Å². The molecule has 0 bridgehead atoms. The van der Waals surface area contributed by atoms with Crippen molar-refractivity contribution in [2.24, 2.45) is 0 Å². The van der Waals surface area contributed by atoms with Crippen molar-refractivity contribution in [2.75, 3.05) is 27.2 Å². The summed E-state index contributed by atoms with van der Waals surface area (Å²) in [5.41, 5.74) is 5.92. The van der Waals surface area contributed by atoms with Crippen LogP contribution in [0.25, 0.3) is 5.57 Å². The third-order valence-corrected chi connectivity index (χ3v) is 7.31. The number of aliphatic hydroxyl groups is 1. The Kier molecular flexibility index (Phi) is 9.21. The van der Waals surface area contributed by atoms with Crippen molar-refractivity contribution in [3.63, 3.8) is 0 Å². The van der Waals surface area contributed by atoms with Crippen LogP contribution in [0.15, 0.2) is 90.8 Å². The van der Waals surface area contributed by atoms with Crippen molar-refractivity contribution in [3.8, 4) is 0 Å². The molecule has 36 heavy (non-hydrogen) atoms. The van der Waals surface area contributed by atoms with Crippen molar-refractivity contribution in [1.82, 2.24) is 15.1 Å². The van der Waals surface area contributed by atoms with Crippen LogP contribution < -0.4 is 5.32 Å². The Bertz CT molecular complexity index is 1070. The van der Waals surface area contributed by atoms with Gasteiger partial charge in [-0.2, -0.15) is 0 Å². The molecular formula is C32H45N3O. The van der Waals surface area contributed by atoms with Gasteiger partial charge >= 0.3 is 0 Å². The molecule has 2 heterocycles. The molecule has 1 saturated heterocycles. The SMILES string of the molecule is C=C/C(=C\N(C)C)c1cccc(C2(C)C=CC(C(=C)/C=C\C)=C(CCCCN3CCCC3(C)O)N2)c1. The molecule has 2 aliphatic rings. The first-order valence-electron chi connectivity index (χ1n) is 13.2. The molecule has 3 rings (SSSR count). The predicted octanol–water partition coefficient (Wildman–Crippen LogP) is 6.51. The molecule has 1 fully saturated rings. The minimum atomic E-state index is -0.647. The van der Waals surface area contributed by atoms with Gasteiger partial charge in [-0.15, -0.1) is 0 Å². The summed E-state index contributed by atoms with van der Waals surface area (Å²) in [4.78, 5) is 4.27. The molecule has 4 heteroatoms. The van der Waals surface area contributed by atoms with Gasteiger partial charge in [0.1, 0.15) is 5.72 Å². The van der Waals surface area contributed by atoms with Gasteiger partial charge in [0.15, 0.2) is 0 Å². The molecule has 2 N–H and O–H groups in total. The van der Waals surface area contributed by atoms with Crippen LogP contribution >= 0.6 is 0 Å². The Morgan fingerprint density at radius 2 is 2.03 bits per heavy atom. The molecule has 0 aromatic heterocycles. The Morgan fingerprint density at radius 3 is 2.67 bits per heavy atom. The van der Waals surface area contributed by atoms with Crippen LogP contribution in [0.3, 0.4) is 0 Å². The highest BCUT2D eigenvalue weighted by atomic mass is 16.3. The van der Waals surface area contributed by atoms with E-state index in [1.165, 1.54) is 16.8 Å². The highest BCUT2D eigenvalue weighted by molar-refractivity contribution is 5.73. The van der Waals surface area contributed by atoms with Gasteiger partial charge in [-0.3, -0.25) is 4.90 Å². The second-order valence-electron chi connectivity index (χ2n) is 10.7. The summed E-state index contributed by atoms with van der Waals surface area (Å²) in [6, 6.07) is 8.71. The van der Waals surface area contributed by atoms with Gasteiger partial charge in [-0.25, -0.2) is 0 Å². The van der Waals surface area contributed by atoms with E-state index in [1.54, 1.807) is 0 Å². The van der Waals surface area contributed by atoms with Gasteiger partial charge in [-0.1, -0.05) is 61.7 Å². The number of unbranched alkanes of at least 4 members (excludes halogenated alkanes) is 1. The van der Waals surface area contributed by atoms with E-state index in [2.05, 4.69) is 79.0 Å². The van der Waals surface area contributed by atoms with Crippen LogP contribution in [0.1, 0.15) is 64.0 Å². The smallest absolute Gasteiger partial charge is 0.115 e. The van der Waals surface area contributed by atoms with E-state index in [-0.39, 0.29) is 5.54 Å². The lowest BCUT2D eigenvalue weighted by atomic mass is 9.84. The number of allylic oxidation sites excluding steroid dienone is 8. The number of benzene rings is 1. The van der Waals surface area contributed by atoms with Crippen molar-refractivity contribution >= 4 is 5.57 Å². The van der Waals surface area contributed by atoms with E-state index >= 15 is 0 Å². The Balaban J connectivity index is 1.81. The summed E-state index contributed by atoms with van der Waals surface area (Å²) in [5, 5.41) is 14.4. The number of nitrogens with one attached hydrogen (secondary N) is 1. The molecule has 194 valence electrons. The topological polar surface area (TPSA) is 38.7 Å². The van der Waals surface area contributed by atoms with E-state index in [0.29, 0.717) is 0 Å². The van der Waals surface area contributed by atoms with Gasteiger partial charge in [0.05, 0.1) is 5.54 Å². The summed E-state index contributed by atoms with van der Waals surface area (Å²) < 4.78 is 0. The summed E-state index contributed by atoms with van der Waals surface area (Å²) in [6.45, 7) is 16.5. The maximum atomic E-state index is 10.6. The summed E-state index contributed by atoms with van der Waals surface area (Å²) in [6.07, 6.45) is 17.6. The summed E-state index contributed by atoms with van der Waals surface area (Å²) in [7, 11) is 4.06. The first-order valence-corrected chi connectivity index (χ1v) is 13.2. The predicted molar refractivity (Wildman–Crippen MR) is 154 cm³/mol. The zero-order valence-electron chi connectivity index (χ0n) is 23.0. The number of likely N-dealkylation sites (tertiary alicyclic amines) is 1. The quantitative estimate of drug-likeness (QED) is 0.276. The summed E-state index contributed by atoms with van der Waals surface area (Å²) in [5.74, 6) is 0. The minimum absolute atomic E-state index is 0.325. The van der Waals surface area contributed by atoms with Gasteiger partial charge in [0.2, 0.25) is 0 Å². The molecule has 1 aromatic carbocycles. The monoisotopic (exact) mass is 487 g/mol. The van der Waals surface area contributed by atoms with E-state index in [9.17, 15) is 5.11 Å². The normalized spacial score (nSPS) is 24.9. The van der Waals surface area contributed by atoms with E-state index in [4.69, 9.17) is 0 Å². The standard InChI is InChI=1S/C32H45N3O/c1-8-14-25(3)29-18-20-31(4,28-16-12-15-27(23-28)26(9-2)24-34(6)7)33-30(29)17-10-11-21-35-22-13-19-32(35,5)36/h8-9,12,14-16,18,20,23-24,33,36H,2-3,10-11,13,17,19,21-22H2,1,4-7H3/b14-8-,26-24+. The van der Waals surface area contributed by atoms with Crippen molar-refractivity contribution < 1.29 is 5.11 Å². The van der Waals surface area contributed by atoms with Crippen LogP contribution in [0.5, 0.6) is 0 Å². The first-order chi connectivity index (χ1) is 17.1. The zero-order valence-corrected chi connectivity index (χ0v) is 23.0. The molecule has 0 aliphatic carbocycles. The number of nitrogens with zero attached hydrogens (tertiary/aromatic N) is 2. The van der Waals surface area contributed by atoms with Crippen LogP contribution in [-0.2, 0) is 5.54 Å². The number of hydrogen-bond donors (Lipinski definition) is 2. The van der Waals surface area contributed by atoms with Crippen LogP contribution in [0.4, 0.5) is 0 Å². The highest BCUT2D eigenvalue weighted by Gasteiger charge is 2.33. The third-order valence-electron chi connectivity index (χ3n) is 7.31. The first kappa shape index (κ1) is 27.8.